The van der Waals surface area contributed by atoms with E-state index >= 15 is 0 Å². The molecule has 19 heavy (non-hydrogen) atoms. The van der Waals surface area contributed by atoms with E-state index in [1.165, 1.54) is 6.07 Å². The molecule has 0 spiro atoms. The average Bonchev–Trinajstić information content (AvgIpc) is 2.20. The van der Waals surface area contributed by atoms with Crippen LogP contribution >= 0.6 is 11.6 Å². The van der Waals surface area contributed by atoms with Crippen molar-refractivity contribution in [3.8, 4) is 0 Å². The van der Waals surface area contributed by atoms with E-state index in [9.17, 15) is 9.18 Å². The lowest BCUT2D eigenvalue weighted by atomic mass is 9.83. The molecule has 1 aromatic rings. The molecule has 1 nitrogen and oxygen atoms in total. The summed E-state index contributed by atoms with van der Waals surface area (Å²) in [5.41, 5.74) is 0.520. The predicted molar refractivity (Wildman–Crippen MR) is 78.0 cm³/mol. The smallest absolute Gasteiger partial charge is 0.137 e. The monoisotopic (exact) mass is 284 g/mol. The number of halogens is 2. The molecule has 1 rings (SSSR count). The highest BCUT2D eigenvalue weighted by molar-refractivity contribution is 6.31. The zero-order valence-electron chi connectivity index (χ0n) is 12.1. The number of benzene rings is 1. The minimum atomic E-state index is -0.399. The van der Waals surface area contributed by atoms with Crippen molar-refractivity contribution in [2.75, 3.05) is 0 Å². The molecular weight excluding hydrogens is 263 g/mol. The molecule has 0 aromatic heterocycles. The van der Waals surface area contributed by atoms with Gasteiger partial charge in [0.1, 0.15) is 11.6 Å². The summed E-state index contributed by atoms with van der Waals surface area (Å²) in [7, 11) is 0. The normalized spacial score (nSPS) is 13.4. The number of carbonyl (C=O) groups excluding carboxylic acids is 1. The Balaban J connectivity index is 2.61. The van der Waals surface area contributed by atoms with Gasteiger partial charge in [0.2, 0.25) is 0 Å². The van der Waals surface area contributed by atoms with E-state index in [4.69, 9.17) is 11.6 Å². The Kier molecular flexibility index (Phi) is 5.54. The molecule has 1 aromatic carbocycles. The lowest BCUT2D eigenvalue weighted by Gasteiger charge is -2.22. The Hall–Kier alpha value is -0.890. The summed E-state index contributed by atoms with van der Waals surface area (Å²) in [4.78, 5) is 12.0. The number of rotatable bonds is 5. The van der Waals surface area contributed by atoms with Crippen molar-refractivity contribution in [3.63, 3.8) is 0 Å². The Morgan fingerprint density at radius 2 is 2.00 bits per heavy atom. The average molecular weight is 285 g/mol. The predicted octanol–water partition coefficient (Wildman–Crippen LogP) is 5.05. The molecule has 0 radical (unpaired) electrons. The van der Waals surface area contributed by atoms with E-state index in [1.54, 1.807) is 12.1 Å². The largest absolute Gasteiger partial charge is 0.299 e. The van der Waals surface area contributed by atoms with E-state index in [0.29, 0.717) is 22.9 Å². The Bertz CT molecular complexity index is 428. The maximum Gasteiger partial charge on any atom is 0.137 e. The Labute approximate surface area is 120 Å². The van der Waals surface area contributed by atoms with Gasteiger partial charge in [-0.3, -0.25) is 4.79 Å². The molecule has 0 aliphatic rings. The zero-order valence-corrected chi connectivity index (χ0v) is 12.9. The van der Waals surface area contributed by atoms with Crippen molar-refractivity contribution in [2.45, 2.75) is 47.0 Å². The van der Waals surface area contributed by atoms with Crippen LogP contribution in [0.2, 0.25) is 5.02 Å². The van der Waals surface area contributed by atoms with Crippen LogP contribution in [-0.4, -0.2) is 5.78 Å². The van der Waals surface area contributed by atoms with Crippen molar-refractivity contribution < 1.29 is 9.18 Å². The summed E-state index contributed by atoms with van der Waals surface area (Å²) < 4.78 is 13.6. The van der Waals surface area contributed by atoms with Gasteiger partial charge in [0, 0.05) is 23.4 Å². The maximum absolute atomic E-state index is 13.6. The van der Waals surface area contributed by atoms with Gasteiger partial charge in [-0.25, -0.2) is 4.39 Å². The van der Waals surface area contributed by atoms with Crippen LogP contribution in [-0.2, 0) is 11.2 Å². The molecule has 0 heterocycles. The summed E-state index contributed by atoms with van der Waals surface area (Å²) in [5.74, 6) is -0.0499. The van der Waals surface area contributed by atoms with Crippen molar-refractivity contribution in [3.05, 3.63) is 34.6 Å². The van der Waals surface area contributed by atoms with Gasteiger partial charge in [-0.1, -0.05) is 45.4 Å². The Morgan fingerprint density at radius 3 is 2.53 bits per heavy atom. The quantitative estimate of drug-likeness (QED) is 0.739. The number of hydrogen-bond donors (Lipinski definition) is 0. The molecule has 3 heteroatoms. The summed E-state index contributed by atoms with van der Waals surface area (Å²) in [6, 6.07) is 4.51. The fraction of sp³-hybridized carbons (Fsp3) is 0.562. The van der Waals surface area contributed by atoms with Crippen molar-refractivity contribution in [1.29, 1.82) is 0 Å². The molecule has 0 fully saturated rings. The van der Waals surface area contributed by atoms with Crippen LogP contribution < -0.4 is 0 Å². The van der Waals surface area contributed by atoms with Crippen molar-refractivity contribution >= 4 is 17.4 Å². The zero-order chi connectivity index (χ0) is 14.6. The lowest BCUT2D eigenvalue weighted by Crippen LogP contribution is -2.15. The fourth-order valence-corrected chi connectivity index (χ4v) is 2.71. The first-order valence-corrected chi connectivity index (χ1v) is 7.01. The maximum atomic E-state index is 13.6. The van der Waals surface area contributed by atoms with E-state index in [-0.39, 0.29) is 17.6 Å². The number of carbonyl (C=O) groups is 1. The van der Waals surface area contributed by atoms with Gasteiger partial charge < -0.3 is 0 Å². The first-order chi connectivity index (χ1) is 8.69. The summed E-state index contributed by atoms with van der Waals surface area (Å²) in [5, 5.41) is 0.330. The third-order valence-corrected chi connectivity index (χ3v) is 3.33. The molecule has 0 saturated carbocycles. The van der Waals surface area contributed by atoms with Gasteiger partial charge in [0.25, 0.3) is 0 Å². The van der Waals surface area contributed by atoms with Gasteiger partial charge in [-0.2, -0.15) is 0 Å². The molecule has 0 bridgehead atoms. The van der Waals surface area contributed by atoms with Crippen LogP contribution in [0.5, 0.6) is 0 Å². The number of hydrogen-bond acceptors (Lipinski definition) is 1. The standard InChI is InChI=1S/C16H22ClFO/c1-11(10-16(2,3)4)8-12(19)9-13-14(17)6-5-7-15(13)18/h5-7,11H,8-10H2,1-4H3. The van der Waals surface area contributed by atoms with Crippen molar-refractivity contribution in [1.82, 2.24) is 0 Å². The minimum Gasteiger partial charge on any atom is -0.299 e. The van der Waals surface area contributed by atoms with Gasteiger partial charge in [-0.15, -0.1) is 0 Å². The van der Waals surface area contributed by atoms with E-state index in [0.717, 1.165) is 6.42 Å². The van der Waals surface area contributed by atoms with E-state index in [2.05, 4.69) is 27.7 Å². The highest BCUT2D eigenvalue weighted by atomic mass is 35.5. The summed E-state index contributed by atoms with van der Waals surface area (Å²) in [6.07, 6.45) is 1.53. The first kappa shape index (κ1) is 16.2. The van der Waals surface area contributed by atoms with Crippen LogP contribution in [0.4, 0.5) is 4.39 Å². The second-order valence-corrected chi connectivity index (χ2v) is 6.90. The summed E-state index contributed by atoms with van der Waals surface area (Å²) >= 11 is 5.92. The Morgan fingerprint density at radius 1 is 1.37 bits per heavy atom. The molecule has 1 unspecified atom stereocenters. The molecule has 1 atom stereocenters. The third-order valence-electron chi connectivity index (χ3n) is 2.97. The van der Waals surface area contributed by atoms with Crippen LogP contribution in [0, 0.1) is 17.2 Å². The molecule has 0 N–H and O–H groups in total. The van der Waals surface area contributed by atoms with E-state index in [1.807, 2.05) is 0 Å². The molecule has 0 aliphatic heterocycles. The lowest BCUT2D eigenvalue weighted by molar-refractivity contribution is -0.119. The molecule has 106 valence electrons. The van der Waals surface area contributed by atoms with Crippen molar-refractivity contribution in [2.24, 2.45) is 11.3 Å². The van der Waals surface area contributed by atoms with Gasteiger partial charge in [0.05, 0.1) is 0 Å². The topological polar surface area (TPSA) is 17.1 Å². The highest BCUT2D eigenvalue weighted by Gasteiger charge is 2.19. The number of Topliss-reactive ketones (excluding diaryl/α,β-unsaturated/α-hetero) is 1. The van der Waals surface area contributed by atoms with Crippen LogP contribution in [0.25, 0.3) is 0 Å². The van der Waals surface area contributed by atoms with Gasteiger partial charge in [-0.05, 0) is 29.9 Å². The highest BCUT2D eigenvalue weighted by Crippen LogP contribution is 2.27. The van der Waals surface area contributed by atoms with Gasteiger partial charge >= 0.3 is 0 Å². The van der Waals surface area contributed by atoms with E-state index < -0.39 is 5.82 Å². The summed E-state index contributed by atoms with van der Waals surface area (Å²) in [6.45, 7) is 8.53. The van der Waals surface area contributed by atoms with Gasteiger partial charge in [0.15, 0.2) is 0 Å². The SMILES string of the molecule is CC(CC(=O)Cc1c(F)cccc1Cl)CC(C)(C)C. The number of ketones is 1. The van der Waals surface area contributed by atoms with Crippen LogP contribution in [0.1, 0.15) is 46.1 Å². The molecule has 0 saturated heterocycles. The van der Waals surface area contributed by atoms with Crippen LogP contribution in [0.3, 0.4) is 0 Å². The fourth-order valence-electron chi connectivity index (χ4n) is 2.48. The molecular formula is C16H22ClFO. The molecule has 0 aliphatic carbocycles. The second-order valence-electron chi connectivity index (χ2n) is 6.49. The molecule has 0 amide bonds. The van der Waals surface area contributed by atoms with Crippen LogP contribution in [0.15, 0.2) is 18.2 Å². The second kappa shape index (κ2) is 6.51. The third kappa shape index (κ3) is 5.73. The minimum absolute atomic E-state index is 0.0451. The first-order valence-electron chi connectivity index (χ1n) is 6.63.